The van der Waals surface area contributed by atoms with Gasteiger partial charge in [0.1, 0.15) is 4.21 Å². The molecule has 2 aromatic heterocycles. The number of terminal acetylenes is 1. The predicted molar refractivity (Wildman–Crippen MR) is 115 cm³/mol. The Balaban J connectivity index is 1.53. The maximum absolute atomic E-state index is 12.8. The van der Waals surface area contributed by atoms with Crippen molar-refractivity contribution >= 4 is 48.8 Å². The molecule has 3 heterocycles. The fourth-order valence-electron chi connectivity index (χ4n) is 3.42. The van der Waals surface area contributed by atoms with Crippen molar-refractivity contribution in [2.24, 2.45) is 10.9 Å². The number of para-hydroxylation sites is 1. The average molecular weight is 446 g/mol. The molecule has 0 saturated carbocycles. The van der Waals surface area contributed by atoms with E-state index in [9.17, 15) is 13.2 Å². The van der Waals surface area contributed by atoms with Crippen molar-refractivity contribution in [2.75, 3.05) is 13.1 Å². The molecule has 0 spiro atoms. The van der Waals surface area contributed by atoms with Gasteiger partial charge in [-0.25, -0.2) is 8.42 Å². The molecular weight excluding hydrogens is 426 g/mol. The zero-order valence-corrected chi connectivity index (χ0v) is 18.0. The molecule has 0 unspecified atom stereocenters. The first-order chi connectivity index (χ1) is 14.0. The van der Waals surface area contributed by atoms with Crippen LogP contribution in [0.15, 0.2) is 51.0 Å². The Morgan fingerprint density at radius 3 is 2.66 bits per heavy atom. The summed E-state index contributed by atoms with van der Waals surface area (Å²) in [6.45, 7) is 0.986. The van der Waals surface area contributed by atoms with Crippen LogP contribution in [0.5, 0.6) is 0 Å². The monoisotopic (exact) mass is 445 g/mol. The van der Waals surface area contributed by atoms with E-state index in [1.54, 1.807) is 17.5 Å². The van der Waals surface area contributed by atoms with Gasteiger partial charge in [-0.1, -0.05) is 35.5 Å². The second-order valence-electron chi connectivity index (χ2n) is 6.70. The summed E-state index contributed by atoms with van der Waals surface area (Å²) in [5, 5.41) is 1.75. The number of carbonyl (C=O) groups is 1. The van der Waals surface area contributed by atoms with Crippen molar-refractivity contribution in [1.29, 1.82) is 0 Å². The smallest absolute Gasteiger partial charge is 0.252 e. The largest absolute Gasteiger partial charge is 0.305 e. The number of piperidine rings is 1. The topological polar surface area (TPSA) is 71.7 Å². The van der Waals surface area contributed by atoms with Gasteiger partial charge < -0.3 is 4.57 Å². The maximum atomic E-state index is 12.8. The summed E-state index contributed by atoms with van der Waals surface area (Å²) >= 11 is 2.64. The van der Waals surface area contributed by atoms with Crippen LogP contribution in [0.3, 0.4) is 0 Å². The lowest BCUT2D eigenvalue weighted by Gasteiger charge is -2.29. The number of benzene rings is 1. The summed E-state index contributed by atoms with van der Waals surface area (Å²) in [6, 6.07) is 11.1. The Hall–Kier alpha value is -2.25. The molecule has 29 heavy (non-hydrogen) atoms. The minimum atomic E-state index is -3.47. The highest BCUT2D eigenvalue weighted by molar-refractivity contribution is 7.91. The van der Waals surface area contributed by atoms with Crippen LogP contribution in [0.25, 0.3) is 10.2 Å². The van der Waals surface area contributed by atoms with Crippen LogP contribution in [-0.2, 0) is 21.4 Å². The van der Waals surface area contributed by atoms with Crippen molar-refractivity contribution in [3.05, 3.63) is 46.6 Å². The van der Waals surface area contributed by atoms with E-state index in [1.807, 2.05) is 28.8 Å². The van der Waals surface area contributed by atoms with Crippen LogP contribution >= 0.6 is 22.7 Å². The second kappa shape index (κ2) is 8.24. The molecule has 3 aromatic rings. The molecule has 1 aromatic carbocycles. The fraction of sp³-hybridized carbons (Fsp3) is 0.300. The maximum Gasteiger partial charge on any atom is 0.252 e. The van der Waals surface area contributed by atoms with Crippen LogP contribution in [-0.4, -0.2) is 36.3 Å². The molecule has 6 nitrogen and oxygen atoms in total. The zero-order valence-electron chi connectivity index (χ0n) is 15.5. The molecule has 1 saturated heterocycles. The number of hydrogen-bond acceptors (Lipinski definition) is 5. The summed E-state index contributed by atoms with van der Waals surface area (Å²) in [6.07, 6.45) is 6.43. The number of thiophene rings is 1. The Bertz CT molecular complexity index is 1240. The van der Waals surface area contributed by atoms with E-state index in [0.29, 0.717) is 41.5 Å². The van der Waals surface area contributed by atoms with Gasteiger partial charge in [-0.3, -0.25) is 4.79 Å². The summed E-state index contributed by atoms with van der Waals surface area (Å²) < 4.78 is 30.0. The van der Waals surface area contributed by atoms with E-state index in [-0.39, 0.29) is 11.8 Å². The molecule has 1 aliphatic heterocycles. The van der Waals surface area contributed by atoms with Crippen LogP contribution in [0, 0.1) is 18.3 Å². The lowest BCUT2D eigenvalue weighted by atomic mass is 9.98. The highest BCUT2D eigenvalue weighted by Gasteiger charge is 2.32. The third kappa shape index (κ3) is 3.94. The molecule has 0 radical (unpaired) electrons. The molecule has 0 aliphatic carbocycles. The summed E-state index contributed by atoms with van der Waals surface area (Å²) in [5.41, 5.74) is 0.957. The van der Waals surface area contributed by atoms with E-state index < -0.39 is 10.0 Å². The van der Waals surface area contributed by atoms with E-state index in [2.05, 4.69) is 10.9 Å². The molecule has 0 N–H and O–H groups in total. The first kappa shape index (κ1) is 20.0. The van der Waals surface area contributed by atoms with Crippen molar-refractivity contribution in [3.63, 3.8) is 0 Å². The van der Waals surface area contributed by atoms with Crippen molar-refractivity contribution in [1.82, 2.24) is 8.87 Å². The number of sulfonamides is 1. The van der Waals surface area contributed by atoms with Crippen molar-refractivity contribution in [2.45, 2.75) is 23.6 Å². The molecule has 1 amide bonds. The normalized spacial score (nSPS) is 16.9. The minimum absolute atomic E-state index is 0.213. The Morgan fingerprint density at radius 2 is 1.97 bits per heavy atom. The molecule has 1 aliphatic rings. The number of amides is 1. The lowest BCUT2D eigenvalue weighted by molar-refractivity contribution is -0.122. The second-order valence-corrected chi connectivity index (χ2v) is 10.8. The van der Waals surface area contributed by atoms with Crippen LogP contribution in [0.4, 0.5) is 0 Å². The molecule has 0 atom stereocenters. The molecule has 9 heteroatoms. The number of carbonyl (C=O) groups excluding carboxylic acids is 1. The number of aromatic nitrogens is 1. The van der Waals surface area contributed by atoms with Gasteiger partial charge in [-0.05, 0) is 36.4 Å². The van der Waals surface area contributed by atoms with Crippen molar-refractivity contribution < 1.29 is 13.2 Å². The Morgan fingerprint density at radius 1 is 1.21 bits per heavy atom. The summed E-state index contributed by atoms with van der Waals surface area (Å²) in [5.74, 6) is 2.12. The molecule has 4 rings (SSSR count). The molecule has 0 bridgehead atoms. The standard InChI is InChI=1S/C20H19N3O3S3/c1-2-11-23-16-6-3-4-7-17(16)28-20(23)21-19(24)15-9-12-22(13-10-15)29(25,26)18-8-5-14-27-18/h1,3-8,14-15H,9-13H2. The third-order valence-corrected chi connectivity index (χ3v) is 9.27. The summed E-state index contributed by atoms with van der Waals surface area (Å²) in [7, 11) is -3.47. The molecule has 150 valence electrons. The first-order valence-electron chi connectivity index (χ1n) is 9.15. The van der Waals surface area contributed by atoms with Gasteiger partial charge in [-0.2, -0.15) is 9.30 Å². The SMILES string of the molecule is C#CCn1c(=NC(=O)C2CCN(S(=O)(=O)c3cccs3)CC2)sc2ccccc21. The van der Waals surface area contributed by atoms with Gasteiger partial charge >= 0.3 is 0 Å². The van der Waals surface area contributed by atoms with Gasteiger partial charge in [0.25, 0.3) is 15.9 Å². The highest BCUT2D eigenvalue weighted by Crippen LogP contribution is 2.27. The highest BCUT2D eigenvalue weighted by atomic mass is 32.2. The Labute approximate surface area is 177 Å². The quantitative estimate of drug-likeness (QED) is 0.580. The predicted octanol–water partition coefficient (Wildman–Crippen LogP) is 2.93. The minimum Gasteiger partial charge on any atom is -0.305 e. The van der Waals surface area contributed by atoms with E-state index in [4.69, 9.17) is 6.42 Å². The zero-order chi connectivity index (χ0) is 20.4. The number of thiazole rings is 1. The van der Waals surface area contributed by atoms with Crippen LogP contribution in [0.2, 0.25) is 0 Å². The third-order valence-electron chi connectivity index (χ3n) is 4.94. The Kier molecular flexibility index (Phi) is 5.69. The molecular formula is C20H19N3O3S3. The number of rotatable bonds is 4. The number of nitrogens with zero attached hydrogens (tertiary/aromatic N) is 3. The van der Waals surface area contributed by atoms with Gasteiger partial charge in [0.05, 0.1) is 16.8 Å². The van der Waals surface area contributed by atoms with Gasteiger partial charge in [0, 0.05) is 19.0 Å². The van der Waals surface area contributed by atoms with E-state index >= 15 is 0 Å². The van der Waals surface area contributed by atoms with Gasteiger partial charge in [0.15, 0.2) is 4.80 Å². The van der Waals surface area contributed by atoms with Gasteiger partial charge in [-0.15, -0.1) is 17.8 Å². The first-order valence-corrected chi connectivity index (χ1v) is 12.3. The number of hydrogen-bond donors (Lipinski definition) is 0. The van der Waals surface area contributed by atoms with Crippen molar-refractivity contribution in [3.8, 4) is 12.3 Å². The fourth-order valence-corrected chi connectivity index (χ4v) is 7.07. The molecule has 1 fully saturated rings. The van der Waals surface area contributed by atoms with E-state index in [1.165, 1.54) is 27.0 Å². The lowest BCUT2D eigenvalue weighted by Crippen LogP contribution is -2.40. The summed E-state index contributed by atoms with van der Waals surface area (Å²) in [4.78, 5) is 17.7. The van der Waals surface area contributed by atoms with Gasteiger partial charge in [0.2, 0.25) is 0 Å². The number of fused-ring (bicyclic) bond motifs is 1. The van der Waals surface area contributed by atoms with Crippen LogP contribution in [0.1, 0.15) is 12.8 Å². The average Bonchev–Trinajstić information content (AvgIpc) is 3.38. The van der Waals surface area contributed by atoms with E-state index in [0.717, 1.165) is 10.2 Å². The van der Waals surface area contributed by atoms with Crippen LogP contribution < -0.4 is 4.80 Å².